The van der Waals surface area contributed by atoms with Gasteiger partial charge in [0.05, 0.1) is 5.75 Å². The van der Waals surface area contributed by atoms with Gasteiger partial charge in [0, 0.05) is 16.7 Å². The van der Waals surface area contributed by atoms with Crippen LogP contribution in [0.3, 0.4) is 0 Å². The first-order valence-corrected chi connectivity index (χ1v) is 9.37. The van der Waals surface area contributed by atoms with E-state index in [1.165, 1.54) is 36.0 Å². The van der Waals surface area contributed by atoms with Crippen molar-refractivity contribution in [2.45, 2.75) is 25.9 Å². The minimum Gasteiger partial charge on any atom is -0.298 e. The molecular formula is C20H19F2N3OS. The van der Waals surface area contributed by atoms with Crippen molar-refractivity contribution in [2.24, 2.45) is 5.41 Å². The number of hydrogen-bond acceptors (Lipinski definition) is 4. The predicted octanol–water partition coefficient (Wildman–Crippen LogP) is 4.92. The van der Waals surface area contributed by atoms with Crippen LogP contribution in [-0.2, 0) is 4.79 Å². The summed E-state index contributed by atoms with van der Waals surface area (Å²) >= 11 is 1.27. The SMILES string of the molecule is CC(C)(C)C(=O)CSc1nnc(-c2ccc(F)cc2)n1-c1ccc(F)cc1. The second-order valence-corrected chi connectivity index (χ2v) is 8.03. The molecule has 7 heteroatoms. The smallest absolute Gasteiger partial charge is 0.196 e. The Labute approximate surface area is 160 Å². The van der Waals surface area contributed by atoms with Crippen molar-refractivity contribution in [3.05, 3.63) is 60.2 Å². The van der Waals surface area contributed by atoms with Crippen molar-refractivity contribution in [3.63, 3.8) is 0 Å². The maximum Gasteiger partial charge on any atom is 0.196 e. The lowest BCUT2D eigenvalue weighted by molar-refractivity contribution is -0.123. The van der Waals surface area contributed by atoms with Crippen molar-refractivity contribution in [1.82, 2.24) is 14.8 Å². The van der Waals surface area contributed by atoms with Crippen LogP contribution >= 0.6 is 11.8 Å². The fraction of sp³-hybridized carbons (Fsp3) is 0.250. The molecule has 0 N–H and O–H groups in total. The molecule has 0 atom stereocenters. The number of benzene rings is 2. The van der Waals surface area contributed by atoms with Gasteiger partial charge in [-0.15, -0.1) is 10.2 Å². The number of hydrogen-bond donors (Lipinski definition) is 0. The van der Waals surface area contributed by atoms with E-state index < -0.39 is 5.41 Å². The summed E-state index contributed by atoms with van der Waals surface area (Å²) in [4.78, 5) is 12.3. The summed E-state index contributed by atoms with van der Waals surface area (Å²) in [5.41, 5.74) is 0.877. The topological polar surface area (TPSA) is 47.8 Å². The molecule has 0 saturated heterocycles. The van der Waals surface area contributed by atoms with Crippen molar-refractivity contribution in [1.29, 1.82) is 0 Å². The molecule has 0 spiro atoms. The van der Waals surface area contributed by atoms with Gasteiger partial charge in [-0.25, -0.2) is 8.78 Å². The summed E-state index contributed by atoms with van der Waals surface area (Å²) in [5, 5.41) is 8.94. The van der Waals surface area contributed by atoms with Gasteiger partial charge in [0.15, 0.2) is 11.0 Å². The van der Waals surface area contributed by atoms with Crippen molar-refractivity contribution < 1.29 is 13.6 Å². The van der Waals surface area contributed by atoms with E-state index in [4.69, 9.17) is 0 Å². The molecule has 140 valence electrons. The molecule has 0 fully saturated rings. The second-order valence-electron chi connectivity index (χ2n) is 7.09. The number of halogens is 2. The van der Waals surface area contributed by atoms with Gasteiger partial charge in [-0.3, -0.25) is 9.36 Å². The number of carbonyl (C=O) groups excluding carboxylic acids is 1. The highest BCUT2D eigenvalue weighted by Crippen LogP contribution is 2.29. The van der Waals surface area contributed by atoms with Crippen molar-refractivity contribution in [2.75, 3.05) is 5.75 Å². The van der Waals surface area contributed by atoms with E-state index in [2.05, 4.69) is 10.2 Å². The van der Waals surface area contributed by atoms with E-state index in [-0.39, 0.29) is 23.2 Å². The van der Waals surface area contributed by atoms with Gasteiger partial charge >= 0.3 is 0 Å². The Bertz CT molecular complexity index is 945. The number of rotatable bonds is 5. The lowest BCUT2D eigenvalue weighted by Gasteiger charge is -2.16. The Kier molecular flexibility index (Phi) is 5.41. The highest BCUT2D eigenvalue weighted by Gasteiger charge is 2.23. The summed E-state index contributed by atoms with van der Waals surface area (Å²) in [6.07, 6.45) is 0. The Morgan fingerprint density at radius 2 is 1.52 bits per heavy atom. The number of ketones is 1. The van der Waals surface area contributed by atoms with Gasteiger partial charge in [0.1, 0.15) is 17.4 Å². The van der Waals surface area contributed by atoms with Crippen LogP contribution < -0.4 is 0 Å². The van der Waals surface area contributed by atoms with Crippen molar-refractivity contribution in [3.8, 4) is 17.1 Å². The third kappa shape index (κ3) is 4.42. The molecule has 3 rings (SSSR count). The first-order valence-electron chi connectivity index (χ1n) is 8.39. The molecule has 0 bridgehead atoms. The van der Waals surface area contributed by atoms with Crippen LogP contribution in [0, 0.1) is 17.0 Å². The molecule has 0 aliphatic heterocycles. The van der Waals surface area contributed by atoms with Crippen molar-refractivity contribution >= 4 is 17.5 Å². The maximum atomic E-state index is 13.3. The summed E-state index contributed by atoms with van der Waals surface area (Å²) in [5.74, 6) is 0.118. The van der Waals surface area contributed by atoms with Crippen LogP contribution in [-0.4, -0.2) is 26.3 Å². The minimum absolute atomic E-state index is 0.0875. The largest absolute Gasteiger partial charge is 0.298 e. The highest BCUT2D eigenvalue weighted by molar-refractivity contribution is 7.99. The first-order chi connectivity index (χ1) is 12.8. The summed E-state index contributed by atoms with van der Waals surface area (Å²) < 4.78 is 28.4. The quantitative estimate of drug-likeness (QED) is 0.583. The van der Waals surface area contributed by atoms with Crippen LogP contribution in [0.25, 0.3) is 17.1 Å². The number of thioether (sulfide) groups is 1. The van der Waals surface area contributed by atoms with E-state index >= 15 is 0 Å². The molecular weight excluding hydrogens is 368 g/mol. The van der Waals surface area contributed by atoms with Gasteiger partial charge in [0.2, 0.25) is 0 Å². The standard InChI is InChI=1S/C20H19F2N3OS/c1-20(2,3)17(26)12-27-19-24-23-18(13-4-6-14(21)7-5-13)25(19)16-10-8-15(22)9-11-16/h4-11H,12H2,1-3H3. The molecule has 0 aliphatic rings. The average Bonchev–Trinajstić information content (AvgIpc) is 3.04. The summed E-state index contributed by atoms with van der Waals surface area (Å²) in [6.45, 7) is 5.60. The van der Waals surface area contributed by atoms with E-state index in [1.54, 1.807) is 28.8 Å². The number of Topliss-reactive ketones (excluding diaryl/α,β-unsaturated/α-hetero) is 1. The Hall–Kier alpha value is -2.54. The number of aromatic nitrogens is 3. The molecule has 2 aromatic carbocycles. The average molecular weight is 387 g/mol. The molecule has 27 heavy (non-hydrogen) atoms. The van der Waals surface area contributed by atoms with Gasteiger partial charge in [0.25, 0.3) is 0 Å². The lowest BCUT2D eigenvalue weighted by Crippen LogP contribution is -2.22. The van der Waals surface area contributed by atoms with Crippen LogP contribution in [0.15, 0.2) is 53.7 Å². The number of nitrogens with zero attached hydrogens (tertiary/aromatic N) is 3. The fourth-order valence-corrected chi connectivity index (χ4v) is 3.43. The van der Waals surface area contributed by atoms with E-state index in [0.717, 1.165) is 0 Å². The van der Waals surface area contributed by atoms with E-state index in [1.807, 2.05) is 20.8 Å². The summed E-state index contributed by atoms with van der Waals surface area (Å²) in [7, 11) is 0. The van der Waals surface area contributed by atoms with Crippen LogP contribution in [0.5, 0.6) is 0 Å². The van der Waals surface area contributed by atoms with Crippen LogP contribution in [0.4, 0.5) is 8.78 Å². The normalized spacial score (nSPS) is 11.6. The molecule has 0 amide bonds. The third-order valence-electron chi connectivity index (χ3n) is 3.99. The van der Waals surface area contributed by atoms with Gasteiger partial charge < -0.3 is 0 Å². The predicted molar refractivity (Wildman–Crippen MR) is 102 cm³/mol. The van der Waals surface area contributed by atoms with Gasteiger partial charge in [-0.05, 0) is 48.5 Å². The molecule has 0 unspecified atom stereocenters. The van der Waals surface area contributed by atoms with Crippen LogP contribution in [0.2, 0.25) is 0 Å². The zero-order chi connectivity index (χ0) is 19.6. The highest BCUT2D eigenvalue weighted by atomic mass is 32.2. The molecule has 3 aromatic rings. The first kappa shape index (κ1) is 19.2. The molecule has 1 heterocycles. The molecule has 1 aromatic heterocycles. The number of carbonyl (C=O) groups is 1. The molecule has 4 nitrogen and oxygen atoms in total. The molecule has 0 radical (unpaired) electrons. The molecule has 0 aliphatic carbocycles. The minimum atomic E-state index is -0.451. The second kappa shape index (κ2) is 7.60. The Morgan fingerprint density at radius 3 is 2.07 bits per heavy atom. The van der Waals surface area contributed by atoms with Gasteiger partial charge in [-0.1, -0.05) is 32.5 Å². The monoisotopic (exact) mass is 387 g/mol. The van der Waals surface area contributed by atoms with E-state index in [9.17, 15) is 13.6 Å². The third-order valence-corrected chi connectivity index (χ3v) is 4.92. The Morgan fingerprint density at radius 1 is 0.963 bits per heavy atom. The van der Waals surface area contributed by atoms with Crippen LogP contribution in [0.1, 0.15) is 20.8 Å². The zero-order valence-electron chi connectivity index (χ0n) is 15.2. The zero-order valence-corrected chi connectivity index (χ0v) is 16.1. The molecule has 0 saturated carbocycles. The van der Waals surface area contributed by atoms with E-state index in [0.29, 0.717) is 22.2 Å². The Balaban J connectivity index is 2.02. The maximum absolute atomic E-state index is 13.3. The lowest BCUT2D eigenvalue weighted by atomic mass is 9.92. The fourth-order valence-electron chi connectivity index (χ4n) is 2.32. The van der Waals surface area contributed by atoms with Gasteiger partial charge in [-0.2, -0.15) is 0 Å². The summed E-state index contributed by atoms with van der Waals surface area (Å²) in [6, 6.07) is 11.8.